The molecule has 0 aliphatic rings. The molecule has 3 aromatic heterocycles. The van der Waals surface area contributed by atoms with E-state index in [0.717, 1.165) is 71.8 Å². The zero-order valence-electron chi connectivity index (χ0n) is 28.0. The molecular formula is C48H29N3O. The fraction of sp³-hybridized carbons (Fsp3) is 0. The second-order valence-electron chi connectivity index (χ2n) is 13.4. The maximum Gasteiger partial charge on any atom is 0.169 e. The molecule has 0 radical (unpaired) electrons. The quantitative estimate of drug-likeness (QED) is 0.176. The number of hydrogen-bond acceptors (Lipinski definition) is 3. The molecule has 11 aromatic rings. The highest BCUT2D eigenvalue weighted by atomic mass is 16.3. The maximum absolute atomic E-state index is 6.34. The van der Waals surface area contributed by atoms with Gasteiger partial charge in [0.15, 0.2) is 11.5 Å². The number of hydrogen-bond donors (Lipinski definition) is 0. The first-order valence-corrected chi connectivity index (χ1v) is 17.6. The summed E-state index contributed by atoms with van der Waals surface area (Å²) in [5, 5.41) is 17.7. The van der Waals surface area contributed by atoms with Gasteiger partial charge in [0, 0.05) is 32.7 Å². The standard InChI is InChI=1S/C48H29N3O/c1-2-11-36-31(9-1)10-7-15-37(36)32-21-19-30(20-22-32)35-27-28-44-43(29-35)39-12-3-4-14-42(39)48-50-49-47(51(44)48)34-25-23-33(24-26-34)38-16-8-17-41-40-13-5-6-18-45(40)52-46(38)41/h1-29H. The van der Waals surface area contributed by atoms with E-state index < -0.39 is 0 Å². The van der Waals surface area contributed by atoms with Crippen molar-refractivity contribution in [3.63, 3.8) is 0 Å². The summed E-state index contributed by atoms with van der Waals surface area (Å²) in [6, 6.07) is 62.4. The van der Waals surface area contributed by atoms with E-state index >= 15 is 0 Å². The average Bonchev–Trinajstić information content (AvgIpc) is 3.84. The Hall–Kier alpha value is -7.04. The molecule has 4 nitrogen and oxygen atoms in total. The highest BCUT2D eigenvalue weighted by Crippen LogP contribution is 2.38. The molecule has 52 heavy (non-hydrogen) atoms. The first kappa shape index (κ1) is 28.8. The Morgan fingerprint density at radius 1 is 0.385 bits per heavy atom. The predicted molar refractivity (Wildman–Crippen MR) is 215 cm³/mol. The van der Waals surface area contributed by atoms with Crippen molar-refractivity contribution in [2.45, 2.75) is 0 Å². The van der Waals surface area contributed by atoms with Gasteiger partial charge in [0.25, 0.3) is 0 Å². The van der Waals surface area contributed by atoms with Gasteiger partial charge in [-0.25, -0.2) is 0 Å². The third-order valence-corrected chi connectivity index (χ3v) is 10.5. The topological polar surface area (TPSA) is 43.3 Å². The summed E-state index contributed by atoms with van der Waals surface area (Å²) in [6.45, 7) is 0. The van der Waals surface area contributed by atoms with Crippen molar-refractivity contribution in [1.82, 2.24) is 14.6 Å². The van der Waals surface area contributed by atoms with Crippen molar-refractivity contribution in [2.75, 3.05) is 0 Å². The molecule has 8 aromatic carbocycles. The van der Waals surface area contributed by atoms with Crippen molar-refractivity contribution in [3.05, 3.63) is 176 Å². The number of fused-ring (bicyclic) bond motifs is 10. The lowest BCUT2D eigenvalue weighted by molar-refractivity contribution is 0.670. The fourth-order valence-electron chi connectivity index (χ4n) is 8.01. The third-order valence-electron chi connectivity index (χ3n) is 10.5. The van der Waals surface area contributed by atoms with Gasteiger partial charge in [-0.2, -0.15) is 0 Å². The molecule has 0 aliphatic carbocycles. The van der Waals surface area contributed by atoms with Crippen molar-refractivity contribution in [3.8, 4) is 44.8 Å². The summed E-state index contributed by atoms with van der Waals surface area (Å²) in [6.07, 6.45) is 0. The Balaban J connectivity index is 1.02. The number of para-hydroxylation sites is 2. The van der Waals surface area contributed by atoms with Crippen LogP contribution in [0, 0.1) is 0 Å². The van der Waals surface area contributed by atoms with Crippen LogP contribution in [0.3, 0.4) is 0 Å². The van der Waals surface area contributed by atoms with E-state index in [-0.39, 0.29) is 0 Å². The van der Waals surface area contributed by atoms with Gasteiger partial charge >= 0.3 is 0 Å². The predicted octanol–water partition coefficient (Wildman–Crippen LogP) is 12.8. The molecule has 0 spiro atoms. The summed E-state index contributed by atoms with van der Waals surface area (Å²) < 4.78 is 8.55. The van der Waals surface area contributed by atoms with E-state index in [4.69, 9.17) is 14.6 Å². The molecule has 0 aliphatic heterocycles. The highest BCUT2D eigenvalue weighted by molar-refractivity contribution is 6.13. The van der Waals surface area contributed by atoms with Crippen LogP contribution in [0.25, 0.3) is 105 Å². The SMILES string of the molecule is c1ccc2c(-c3ccc(-c4ccc5c(c4)c4ccccc4c4nnc(-c6ccc(-c7cccc8c7oc7ccccc78)cc6)n54)cc3)cccc2c1. The summed E-state index contributed by atoms with van der Waals surface area (Å²) >= 11 is 0. The van der Waals surface area contributed by atoms with Crippen LogP contribution in [0.4, 0.5) is 0 Å². The smallest absolute Gasteiger partial charge is 0.169 e. The minimum Gasteiger partial charge on any atom is -0.455 e. The van der Waals surface area contributed by atoms with Gasteiger partial charge in [0.05, 0.1) is 5.52 Å². The summed E-state index contributed by atoms with van der Waals surface area (Å²) in [4.78, 5) is 0. The number of pyridine rings is 1. The van der Waals surface area contributed by atoms with Crippen LogP contribution in [0.2, 0.25) is 0 Å². The molecule has 0 saturated carbocycles. The summed E-state index contributed by atoms with van der Waals surface area (Å²) in [7, 11) is 0. The molecule has 242 valence electrons. The van der Waals surface area contributed by atoms with E-state index in [1.54, 1.807) is 0 Å². The van der Waals surface area contributed by atoms with Gasteiger partial charge in [0.1, 0.15) is 11.2 Å². The van der Waals surface area contributed by atoms with Crippen LogP contribution in [0.15, 0.2) is 180 Å². The van der Waals surface area contributed by atoms with Gasteiger partial charge in [0.2, 0.25) is 0 Å². The van der Waals surface area contributed by atoms with E-state index in [9.17, 15) is 0 Å². The Kier molecular flexibility index (Phi) is 6.22. The van der Waals surface area contributed by atoms with Crippen molar-refractivity contribution in [1.29, 1.82) is 0 Å². The highest BCUT2D eigenvalue weighted by Gasteiger charge is 2.18. The van der Waals surface area contributed by atoms with Gasteiger partial charge in [-0.1, -0.05) is 158 Å². The molecule has 0 amide bonds. The Morgan fingerprint density at radius 2 is 0.981 bits per heavy atom. The molecule has 0 atom stereocenters. The van der Waals surface area contributed by atoms with Gasteiger partial charge < -0.3 is 4.42 Å². The Morgan fingerprint density at radius 3 is 1.83 bits per heavy atom. The number of nitrogens with zero attached hydrogens (tertiary/aromatic N) is 3. The fourth-order valence-corrected chi connectivity index (χ4v) is 8.01. The van der Waals surface area contributed by atoms with Crippen LogP contribution >= 0.6 is 0 Å². The summed E-state index contributed by atoms with van der Waals surface area (Å²) in [5.74, 6) is 0.812. The average molecular weight is 664 g/mol. The zero-order chi connectivity index (χ0) is 34.2. The minimum atomic E-state index is 0.812. The lowest BCUT2D eigenvalue weighted by Crippen LogP contribution is -1.95. The first-order valence-electron chi connectivity index (χ1n) is 17.6. The Labute approximate surface area is 298 Å². The molecule has 0 bridgehead atoms. The molecule has 0 unspecified atom stereocenters. The normalized spacial score (nSPS) is 11.8. The maximum atomic E-state index is 6.34. The second kappa shape index (κ2) is 11.2. The monoisotopic (exact) mass is 663 g/mol. The second-order valence-corrected chi connectivity index (χ2v) is 13.4. The zero-order valence-corrected chi connectivity index (χ0v) is 28.0. The van der Waals surface area contributed by atoms with Gasteiger partial charge in [-0.15, -0.1) is 10.2 Å². The molecule has 4 heteroatoms. The molecule has 0 fully saturated rings. The third kappa shape index (κ3) is 4.34. The molecule has 0 N–H and O–H groups in total. The van der Waals surface area contributed by atoms with Crippen LogP contribution in [0.1, 0.15) is 0 Å². The minimum absolute atomic E-state index is 0.812. The number of aromatic nitrogens is 3. The molecule has 0 saturated heterocycles. The van der Waals surface area contributed by atoms with Crippen molar-refractivity contribution < 1.29 is 4.42 Å². The van der Waals surface area contributed by atoms with E-state index in [1.165, 1.54) is 33.0 Å². The molecule has 11 rings (SSSR count). The number of furan rings is 1. The van der Waals surface area contributed by atoms with E-state index in [1.807, 2.05) is 12.1 Å². The van der Waals surface area contributed by atoms with Crippen molar-refractivity contribution >= 4 is 60.0 Å². The van der Waals surface area contributed by atoms with Crippen LogP contribution < -0.4 is 0 Å². The number of benzene rings is 8. The molecule has 3 heterocycles. The van der Waals surface area contributed by atoms with Gasteiger partial charge in [-0.05, 0) is 62.2 Å². The van der Waals surface area contributed by atoms with Crippen LogP contribution in [0.5, 0.6) is 0 Å². The Bertz CT molecular complexity index is 3160. The summed E-state index contributed by atoms with van der Waals surface area (Å²) in [5.41, 5.74) is 11.7. The van der Waals surface area contributed by atoms with E-state index in [2.05, 4.69) is 168 Å². The van der Waals surface area contributed by atoms with Crippen LogP contribution in [-0.4, -0.2) is 14.6 Å². The largest absolute Gasteiger partial charge is 0.455 e. The lowest BCUT2D eigenvalue weighted by Gasteiger charge is -2.12. The lowest BCUT2D eigenvalue weighted by atomic mass is 9.95. The van der Waals surface area contributed by atoms with E-state index in [0.29, 0.717) is 0 Å². The molecular weight excluding hydrogens is 635 g/mol. The first-order chi connectivity index (χ1) is 25.8. The van der Waals surface area contributed by atoms with Gasteiger partial charge in [-0.3, -0.25) is 4.40 Å². The number of rotatable bonds is 4. The van der Waals surface area contributed by atoms with Crippen LogP contribution in [-0.2, 0) is 0 Å². The van der Waals surface area contributed by atoms with Crippen molar-refractivity contribution in [2.24, 2.45) is 0 Å².